The molecule has 0 bridgehead atoms. The molecule has 4 rings (SSSR count). The molecule has 3 aromatic rings. The molecule has 2 atom stereocenters. The number of fused-ring (bicyclic) bond motifs is 1. The minimum atomic E-state index is -0.268. The maximum absolute atomic E-state index is 10.5. The molecule has 1 aromatic carbocycles. The fourth-order valence-corrected chi connectivity index (χ4v) is 3.76. The predicted molar refractivity (Wildman–Crippen MR) is 99.3 cm³/mol. The van der Waals surface area contributed by atoms with E-state index >= 15 is 0 Å². The first-order valence-corrected chi connectivity index (χ1v) is 8.92. The molecular formula is C21H23N3O. The zero-order chi connectivity index (χ0) is 17.1. The van der Waals surface area contributed by atoms with Crippen LogP contribution in [0.5, 0.6) is 0 Å². The van der Waals surface area contributed by atoms with E-state index in [1.807, 2.05) is 36.7 Å². The highest BCUT2D eigenvalue weighted by atomic mass is 16.3. The Morgan fingerprint density at radius 1 is 0.960 bits per heavy atom. The van der Waals surface area contributed by atoms with Gasteiger partial charge in [0, 0.05) is 55.4 Å². The summed E-state index contributed by atoms with van der Waals surface area (Å²) >= 11 is 0. The topological polar surface area (TPSA) is 49.2 Å². The second-order valence-corrected chi connectivity index (χ2v) is 6.85. The van der Waals surface area contributed by atoms with Crippen molar-refractivity contribution in [3.8, 4) is 0 Å². The number of aliphatic hydroxyl groups excluding tert-OH is 1. The van der Waals surface area contributed by atoms with Crippen molar-refractivity contribution in [1.82, 2.24) is 14.9 Å². The van der Waals surface area contributed by atoms with Gasteiger partial charge in [-0.3, -0.25) is 14.9 Å². The van der Waals surface area contributed by atoms with Gasteiger partial charge >= 0.3 is 0 Å². The predicted octanol–water partition coefficient (Wildman–Crippen LogP) is 2.71. The average Bonchev–Trinajstić information content (AvgIpc) is 3.01. The van der Waals surface area contributed by atoms with Gasteiger partial charge in [0.2, 0.25) is 0 Å². The highest BCUT2D eigenvalue weighted by Gasteiger charge is 2.31. The van der Waals surface area contributed by atoms with Gasteiger partial charge in [-0.1, -0.05) is 24.3 Å². The SMILES string of the molecule is O[C@H]1CN(CCc2ccccn2)C[C@H]1Cc1ccnc2ccccc12. The number of hydrogen-bond acceptors (Lipinski definition) is 4. The van der Waals surface area contributed by atoms with E-state index in [1.165, 1.54) is 10.9 Å². The molecule has 2 aromatic heterocycles. The summed E-state index contributed by atoms with van der Waals surface area (Å²) in [6.45, 7) is 2.63. The van der Waals surface area contributed by atoms with Crippen molar-refractivity contribution < 1.29 is 5.11 Å². The number of benzene rings is 1. The largest absolute Gasteiger partial charge is 0.391 e. The highest BCUT2D eigenvalue weighted by Crippen LogP contribution is 2.25. The minimum Gasteiger partial charge on any atom is -0.391 e. The molecule has 1 N–H and O–H groups in total. The van der Waals surface area contributed by atoms with E-state index in [2.05, 4.69) is 39.1 Å². The lowest BCUT2D eigenvalue weighted by Crippen LogP contribution is -2.24. The summed E-state index contributed by atoms with van der Waals surface area (Å²) in [6.07, 6.45) is 5.27. The Bertz CT molecular complexity index is 831. The zero-order valence-corrected chi connectivity index (χ0v) is 14.3. The number of nitrogens with zero attached hydrogens (tertiary/aromatic N) is 3. The first kappa shape index (κ1) is 16.2. The van der Waals surface area contributed by atoms with Crippen LogP contribution in [-0.4, -0.2) is 45.7 Å². The van der Waals surface area contributed by atoms with Gasteiger partial charge in [-0.2, -0.15) is 0 Å². The lowest BCUT2D eigenvalue weighted by molar-refractivity contribution is 0.142. The number of hydrogen-bond donors (Lipinski definition) is 1. The highest BCUT2D eigenvalue weighted by molar-refractivity contribution is 5.81. The standard InChI is InChI=1S/C21H23N3O/c25-21-15-24(12-9-18-5-3-4-10-22-18)14-17(21)13-16-8-11-23-20-7-2-1-6-19(16)20/h1-8,10-11,17,21,25H,9,12-15H2/t17-,21+/m1/s1. The summed E-state index contributed by atoms with van der Waals surface area (Å²) in [5, 5.41) is 11.7. The number of aromatic nitrogens is 2. The molecule has 1 saturated heterocycles. The Hall–Kier alpha value is -2.30. The Morgan fingerprint density at radius 2 is 1.84 bits per heavy atom. The quantitative estimate of drug-likeness (QED) is 0.780. The molecule has 0 unspecified atom stereocenters. The molecule has 25 heavy (non-hydrogen) atoms. The number of para-hydroxylation sites is 1. The smallest absolute Gasteiger partial charge is 0.0710 e. The van der Waals surface area contributed by atoms with E-state index in [0.717, 1.165) is 43.7 Å². The van der Waals surface area contributed by atoms with Crippen LogP contribution in [0.1, 0.15) is 11.3 Å². The first-order chi connectivity index (χ1) is 12.3. The van der Waals surface area contributed by atoms with Crippen LogP contribution in [0.3, 0.4) is 0 Å². The van der Waals surface area contributed by atoms with E-state index in [-0.39, 0.29) is 12.0 Å². The first-order valence-electron chi connectivity index (χ1n) is 8.92. The molecule has 1 fully saturated rings. The number of rotatable bonds is 5. The lowest BCUT2D eigenvalue weighted by Gasteiger charge is -2.16. The maximum atomic E-state index is 10.5. The molecule has 0 spiro atoms. The van der Waals surface area contributed by atoms with Crippen molar-refractivity contribution in [2.45, 2.75) is 18.9 Å². The molecular weight excluding hydrogens is 310 g/mol. The van der Waals surface area contributed by atoms with Crippen LogP contribution in [0.2, 0.25) is 0 Å². The summed E-state index contributed by atoms with van der Waals surface area (Å²) < 4.78 is 0. The molecule has 0 saturated carbocycles. The van der Waals surface area contributed by atoms with Crippen LogP contribution in [0.25, 0.3) is 10.9 Å². The summed E-state index contributed by atoms with van der Waals surface area (Å²) in [5.74, 6) is 0.273. The zero-order valence-electron chi connectivity index (χ0n) is 14.3. The monoisotopic (exact) mass is 333 g/mol. The van der Waals surface area contributed by atoms with E-state index < -0.39 is 0 Å². The Kier molecular flexibility index (Phi) is 4.72. The van der Waals surface area contributed by atoms with Crippen LogP contribution >= 0.6 is 0 Å². The number of likely N-dealkylation sites (tertiary alicyclic amines) is 1. The van der Waals surface area contributed by atoms with Gasteiger partial charge in [0.15, 0.2) is 0 Å². The molecule has 128 valence electrons. The van der Waals surface area contributed by atoms with Gasteiger partial charge in [-0.15, -0.1) is 0 Å². The van der Waals surface area contributed by atoms with Crippen molar-refractivity contribution in [3.63, 3.8) is 0 Å². The van der Waals surface area contributed by atoms with Gasteiger partial charge in [0.1, 0.15) is 0 Å². The van der Waals surface area contributed by atoms with Crippen molar-refractivity contribution in [2.24, 2.45) is 5.92 Å². The van der Waals surface area contributed by atoms with E-state index in [4.69, 9.17) is 0 Å². The molecule has 0 aliphatic carbocycles. The fourth-order valence-electron chi connectivity index (χ4n) is 3.76. The summed E-state index contributed by atoms with van der Waals surface area (Å²) in [5.41, 5.74) is 3.42. The van der Waals surface area contributed by atoms with Gasteiger partial charge < -0.3 is 5.11 Å². The molecule has 1 aliphatic rings. The Balaban J connectivity index is 1.41. The van der Waals surface area contributed by atoms with Crippen molar-refractivity contribution in [2.75, 3.05) is 19.6 Å². The molecule has 4 nitrogen and oxygen atoms in total. The fraction of sp³-hybridized carbons (Fsp3) is 0.333. The second-order valence-electron chi connectivity index (χ2n) is 6.85. The van der Waals surface area contributed by atoms with Crippen LogP contribution in [-0.2, 0) is 12.8 Å². The third kappa shape index (κ3) is 3.70. The van der Waals surface area contributed by atoms with Gasteiger partial charge in [0.05, 0.1) is 11.6 Å². The summed E-state index contributed by atoms with van der Waals surface area (Å²) in [7, 11) is 0. The third-order valence-corrected chi connectivity index (χ3v) is 5.11. The van der Waals surface area contributed by atoms with Gasteiger partial charge in [-0.25, -0.2) is 0 Å². The molecule has 3 heterocycles. The van der Waals surface area contributed by atoms with Crippen LogP contribution < -0.4 is 0 Å². The van der Waals surface area contributed by atoms with Crippen LogP contribution in [0.15, 0.2) is 60.9 Å². The summed E-state index contributed by atoms with van der Waals surface area (Å²) in [6, 6.07) is 16.4. The van der Waals surface area contributed by atoms with Crippen LogP contribution in [0.4, 0.5) is 0 Å². The number of pyridine rings is 2. The number of β-amino-alcohol motifs (C(OH)–C–C–N with tert-alkyl or cyclic N) is 1. The van der Waals surface area contributed by atoms with E-state index in [9.17, 15) is 5.11 Å². The van der Waals surface area contributed by atoms with Crippen molar-refractivity contribution >= 4 is 10.9 Å². The Morgan fingerprint density at radius 3 is 2.72 bits per heavy atom. The van der Waals surface area contributed by atoms with Crippen molar-refractivity contribution in [1.29, 1.82) is 0 Å². The van der Waals surface area contributed by atoms with E-state index in [1.54, 1.807) is 0 Å². The van der Waals surface area contributed by atoms with Crippen molar-refractivity contribution in [3.05, 3.63) is 72.2 Å². The van der Waals surface area contributed by atoms with Gasteiger partial charge in [0.25, 0.3) is 0 Å². The van der Waals surface area contributed by atoms with Crippen LogP contribution in [0, 0.1) is 5.92 Å². The molecule has 0 amide bonds. The molecule has 1 aliphatic heterocycles. The van der Waals surface area contributed by atoms with Gasteiger partial charge in [-0.05, 0) is 36.2 Å². The third-order valence-electron chi connectivity index (χ3n) is 5.11. The molecule has 0 radical (unpaired) electrons. The molecule has 4 heteroatoms. The maximum Gasteiger partial charge on any atom is 0.0710 e. The second kappa shape index (κ2) is 7.30. The lowest BCUT2D eigenvalue weighted by atomic mass is 9.94. The Labute approximate surface area is 148 Å². The van der Waals surface area contributed by atoms with E-state index in [0.29, 0.717) is 0 Å². The minimum absolute atomic E-state index is 0.268. The normalized spacial score (nSPS) is 21.0. The average molecular weight is 333 g/mol. The summed E-state index contributed by atoms with van der Waals surface area (Å²) in [4.78, 5) is 11.2. The number of aliphatic hydroxyl groups is 1.